The molecular weight excluding hydrogens is 340 g/mol. The van der Waals surface area contributed by atoms with E-state index >= 15 is 0 Å². The van der Waals surface area contributed by atoms with Gasteiger partial charge < -0.3 is 5.32 Å². The van der Waals surface area contributed by atoms with Crippen molar-refractivity contribution >= 4 is 11.6 Å². The summed E-state index contributed by atoms with van der Waals surface area (Å²) in [5.41, 5.74) is 1.94. The van der Waals surface area contributed by atoms with Crippen LogP contribution in [0.25, 0.3) is 17.0 Å². The van der Waals surface area contributed by atoms with E-state index in [1.54, 1.807) is 4.52 Å². The van der Waals surface area contributed by atoms with Gasteiger partial charge in [0.15, 0.2) is 5.82 Å². The molecule has 1 N–H and O–H groups in total. The first-order valence-electron chi connectivity index (χ1n) is 9.25. The molecule has 1 aromatic carbocycles. The van der Waals surface area contributed by atoms with Crippen molar-refractivity contribution in [2.75, 3.05) is 5.32 Å². The molecule has 27 heavy (non-hydrogen) atoms. The van der Waals surface area contributed by atoms with Crippen LogP contribution in [0, 0.1) is 0 Å². The summed E-state index contributed by atoms with van der Waals surface area (Å²) in [7, 11) is 0. The summed E-state index contributed by atoms with van der Waals surface area (Å²) in [5.74, 6) is 3.47. The molecule has 0 bridgehead atoms. The molecule has 5 rings (SSSR count). The Kier molecular flexibility index (Phi) is 3.81. The van der Waals surface area contributed by atoms with Crippen LogP contribution in [-0.2, 0) is 19.4 Å². The van der Waals surface area contributed by atoms with E-state index < -0.39 is 0 Å². The topological polar surface area (TPSA) is 85.8 Å². The van der Waals surface area contributed by atoms with E-state index in [-0.39, 0.29) is 6.04 Å². The first kappa shape index (κ1) is 15.9. The number of benzene rings is 1. The Morgan fingerprint density at radius 3 is 2.93 bits per heavy atom. The van der Waals surface area contributed by atoms with Crippen LogP contribution in [0.5, 0.6) is 0 Å². The summed E-state index contributed by atoms with van der Waals surface area (Å²) < 4.78 is 3.78. The quantitative estimate of drug-likeness (QED) is 0.601. The van der Waals surface area contributed by atoms with E-state index in [4.69, 9.17) is 0 Å². The molecule has 1 aliphatic rings. The van der Waals surface area contributed by atoms with Crippen LogP contribution in [0.2, 0.25) is 0 Å². The highest BCUT2D eigenvalue weighted by Gasteiger charge is 2.22. The molecule has 0 radical (unpaired) electrons. The van der Waals surface area contributed by atoms with Crippen molar-refractivity contribution in [3.8, 4) is 11.3 Å². The highest BCUT2D eigenvalue weighted by atomic mass is 15.4. The summed E-state index contributed by atoms with van der Waals surface area (Å²) in [4.78, 5) is 13.5. The molecule has 1 unspecified atom stereocenters. The summed E-state index contributed by atoms with van der Waals surface area (Å²) >= 11 is 0. The normalized spacial score (nSPS) is 16.4. The lowest BCUT2D eigenvalue weighted by atomic mass is 10.1. The van der Waals surface area contributed by atoms with Gasteiger partial charge in [-0.1, -0.05) is 37.3 Å². The summed E-state index contributed by atoms with van der Waals surface area (Å²) in [6, 6.07) is 12.4. The Labute approximate surface area is 156 Å². The molecule has 0 saturated carbocycles. The Balaban J connectivity index is 1.47. The summed E-state index contributed by atoms with van der Waals surface area (Å²) in [6.07, 6.45) is 4.32. The Morgan fingerprint density at radius 1 is 1.19 bits per heavy atom. The van der Waals surface area contributed by atoms with E-state index in [2.05, 4.69) is 37.4 Å². The number of aromatic nitrogens is 7. The molecule has 0 spiro atoms. The number of rotatable bonds is 4. The first-order valence-corrected chi connectivity index (χ1v) is 9.25. The smallest absolute Gasteiger partial charge is 0.254 e. The van der Waals surface area contributed by atoms with E-state index in [1.807, 2.05) is 41.1 Å². The van der Waals surface area contributed by atoms with Gasteiger partial charge in [-0.15, -0.1) is 0 Å². The lowest BCUT2D eigenvalue weighted by Crippen LogP contribution is -2.32. The van der Waals surface area contributed by atoms with Crippen LogP contribution >= 0.6 is 0 Å². The molecule has 1 atom stereocenters. The van der Waals surface area contributed by atoms with Gasteiger partial charge in [-0.05, 0) is 6.42 Å². The van der Waals surface area contributed by atoms with Crippen LogP contribution in [0.15, 0.2) is 42.7 Å². The Bertz CT molecular complexity index is 1080. The third-order valence-electron chi connectivity index (χ3n) is 4.89. The molecule has 136 valence electrons. The monoisotopic (exact) mass is 360 g/mol. The minimum absolute atomic E-state index is 0.252. The van der Waals surface area contributed by atoms with Gasteiger partial charge in [-0.2, -0.15) is 19.7 Å². The van der Waals surface area contributed by atoms with Gasteiger partial charge in [-0.25, -0.2) is 14.6 Å². The predicted molar refractivity (Wildman–Crippen MR) is 101 cm³/mol. The molecule has 3 aromatic heterocycles. The molecule has 8 heteroatoms. The molecule has 0 fully saturated rings. The van der Waals surface area contributed by atoms with Crippen molar-refractivity contribution in [2.45, 2.75) is 38.8 Å². The number of hydrogen-bond acceptors (Lipinski definition) is 6. The highest BCUT2D eigenvalue weighted by molar-refractivity contribution is 5.65. The zero-order chi connectivity index (χ0) is 18.2. The number of nitrogens with one attached hydrogen (secondary N) is 1. The zero-order valence-corrected chi connectivity index (χ0v) is 15.1. The van der Waals surface area contributed by atoms with Crippen molar-refractivity contribution in [1.29, 1.82) is 0 Å². The van der Waals surface area contributed by atoms with Crippen molar-refractivity contribution in [3.05, 3.63) is 54.4 Å². The van der Waals surface area contributed by atoms with Crippen molar-refractivity contribution in [3.63, 3.8) is 0 Å². The standard InChI is InChI=1S/C19H20N8/c1-2-16-24-17-9-8-14(11-26(17)25-16)22-18-10-15(13-6-4-3-5-7-13)23-19-20-12-21-27(18)19/h3-7,10,12,14,22H,2,8-9,11H2,1H3. The van der Waals surface area contributed by atoms with Crippen molar-refractivity contribution in [2.24, 2.45) is 0 Å². The van der Waals surface area contributed by atoms with E-state index in [0.717, 1.165) is 54.5 Å². The minimum atomic E-state index is 0.252. The fourth-order valence-corrected chi connectivity index (χ4v) is 3.51. The fraction of sp³-hybridized carbons (Fsp3) is 0.316. The summed E-state index contributed by atoms with van der Waals surface area (Å²) in [5, 5.41) is 12.5. The van der Waals surface area contributed by atoms with Gasteiger partial charge >= 0.3 is 0 Å². The van der Waals surface area contributed by atoms with E-state index in [1.165, 1.54) is 6.33 Å². The fourth-order valence-electron chi connectivity index (χ4n) is 3.51. The second-order valence-electron chi connectivity index (χ2n) is 6.72. The maximum Gasteiger partial charge on any atom is 0.254 e. The van der Waals surface area contributed by atoms with E-state index in [0.29, 0.717) is 5.78 Å². The lowest BCUT2D eigenvalue weighted by Gasteiger charge is -2.24. The minimum Gasteiger partial charge on any atom is -0.365 e. The predicted octanol–water partition coefficient (Wildman–Crippen LogP) is 2.37. The van der Waals surface area contributed by atoms with Crippen LogP contribution in [0.4, 0.5) is 5.82 Å². The maximum atomic E-state index is 4.63. The van der Waals surface area contributed by atoms with Crippen molar-refractivity contribution < 1.29 is 0 Å². The second-order valence-corrected chi connectivity index (χ2v) is 6.72. The van der Waals surface area contributed by atoms with Crippen LogP contribution in [-0.4, -0.2) is 40.4 Å². The van der Waals surface area contributed by atoms with Gasteiger partial charge in [0.25, 0.3) is 5.78 Å². The third-order valence-corrected chi connectivity index (χ3v) is 4.89. The largest absolute Gasteiger partial charge is 0.365 e. The average Bonchev–Trinajstić information content (AvgIpc) is 3.34. The molecule has 1 aliphatic heterocycles. The molecule has 4 aromatic rings. The average molecular weight is 360 g/mol. The van der Waals surface area contributed by atoms with Gasteiger partial charge in [0.05, 0.1) is 12.2 Å². The Hall–Kier alpha value is -3.29. The third kappa shape index (κ3) is 2.92. The van der Waals surface area contributed by atoms with Crippen LogP contribution < -0.4 is 5.32 Å². The maximum absolute atomic E-state index is 4.63. The van der Waals surface area contributed by atoms with E-state index in [9.17, 15) is 0 Å². The lowest BCUT2D eigenvalue weighted by molar-refractivity contribution is 0.439. The molecule has 0 amide bonds. The summed E-state index contributed by atoms with van der Waals surface area (Å²) in [6.45, 7) is 2.88. The molecule has 0 aliphatic carbocycles. The zero-order valence-electron chi connectivity index (χ0n) is 15.1. The number of hydrogen-bond donors (Lipinski definition) is 1. The van der Waals surface area contributed by atoms with Crippen molar-refractivity contribution in [1.82, 2.24) is 34.3 Å². The number of fused-ring (bicyclic) bond motifs is 2. The van der Waals surface area contributed by atoms with Gasteiger partial charge in [0, 0.05) is 30.5 Å². The van der Waals surface area contributed by atoms with Gasteiger partial charge in [0.2, 0.25) is 0 Å². The number of aryl methyl sites for hydroxylation is 2. The van der Waals surface area contributed by atoms with Gasteiger partial charge in [0.1, 0.15) is 18.0 Å². The second kappa shape index (κ2) is 6.46. The molecular formula is C19H20N8. The number of nitrogens with zero attached hydrogens (tertiary/aromatic N) is 7. The molecule has 0 saturated heterocycles. The van der Waals surface area contributed by atoms with Crippen LogP contribution in [0.3, 0.4) is 0 Å². The molecule has 8 nitrogen and oxygen atoms in total. The van der Waals surface area contributed by atoms with Crippen LogP contribution in [0.1, 0.15) is 25.0 Å². The Morgan fingerprint density at radius 2 is 2.07 bits per heavy atom. The number of anilines is 1. The SMILES string of the molecule is CCc1nc2n(n1)CC(Nc1cc(-c3ccccc3)nc3ncnn13)CC2. The molecule has 4 heterocycles. The first-order chi connectivity index (χ1) is 13.3. The van der Waals surface area contributed by atoms with Gasteiger partial charge in [-0.3, -0.25) is 0 Å². The highest BCUT2D eigenvalue weighted by Crippen LogP contribution is 2.23.